The smallest absolute Gasteiger partial charge is 0.319 e. The van der Waals surface area contributed by atoms with E-state index >= 15 is 0 Å². The van der Waals surface area contributed by atoms with Gasteiger partial charge in [0, 0.05) is 0 Å². The zero-order valence-electron chi connectivity index (χ0n) is 15.4. The molecule has 3 N–H and O–H groups in total. The summed E-state index contributed by atoms with van der Waals surface area (Å²) in [5.74, 6) is -0.742. The molecule has 0 atom stereocenters. The zero-order valence-corrected chi connectivity index (χ0v) is 16.1. The summed E-state index contributed by atoms with van der Waals surface area (Å²) >= 11 is 6.30. The van der Waals surface area contributed by atoms with E-state index in [1.54, 1.807) is 25.1 Å². The molecule has 0 radical (unpaired) electrons. The maximum Gasteiger partial charge on any atom is 0.319 e. The molecule has 0 aliphatic heterocycles. The number of ether oxygens (including phenoxy) is 2. The molecule has 0 aliphatic rings. The van der Waals surface area contributed by atoms with Crippen LogP contribution in [-0.2, 0) is 11.4 Å². The molecule has 0 saturated heterocycles. The van der Waals surface area contributed by atoms with E-state index < -0.39 is 11.9 Å². The molecule has 3 amide bonds. The van der Waals surface area contributed by atoms with Crippen LogP contribution in [-0.4, -0.2) is 18.5 Å². The lowest BCUT2D eigenvalue weighted by Crippen LogP contribution is -2.35. The lowest BCUT2D eigenvalue weighted by molar-refractivity contribution is -0.115. The number of nitrogens with zero attached hydrogens (tertiary/aromatic N) is 1. The Bertz CT molecular complexity index is 984. The number of amides is 3. The van der Waals surface area contributed by atoms with Crippen molar-refractivity contribution in [1.29, 1.82) is 5.26 Å². The maximum atomic E-state index is 13.0. The highest BCUT2D eigenvalue weighted by molar-refractivity contribution is 6.32. The first kappa shape index (κ1) is 21.7. The highest BCUT2D eigenvalue weighted by Gasteiger charge is 2.15. The fraction of sp³-hybridized carbons (Fsp3) is 0.150. The number of nitriles is 1. The van der Waals surface area contributed by atoms with E-state index in [0.29, 0.717) is 17.9 Å². The third kappa shape index (κ3) is 6.23. The van der Waals surface area contributed by atoms with Gasteiger partial charge in [0.25, 0.3) is 5.91 Å². The molecule has 0 unspecified atom stereocenters. The molecule has 150 valence electrons. The van der Waals surface area contributed by atoms with Crippen LogP contribution in [0.2, 0.25) is 5.02 Å². The number of primary amides is 1. The number of carbonyl (C=O) groups excluding carboxylic acids is 2. The summed E-state index contributed by atoms with van der Waals surface area (Å²) in [5.41, 5.74) is 5.65. The number of hydrogen-bond acceptors (Lipinski definition) is 5. The highest BCUT2D eigenvalue weighted by Crippen LogP contribution is 2.37. The van der Waals surface area contributed by atoms with Gasteiger partial charge in [-0.3, -0.25) is 10.1 Å². The molecule has 0 heterocycles. The third-order valence-electron chi connectivity index (χ3n) is 3.54. The van der Waals surface area contributed by atoms with Crippen molar-refractivity contribution < 1.29 is 23.5 Å². The van der Waals surface area contributed by atoms with Crippen molar-refractivity contribution in [3.8, 4) is 17.6 Å². The van der Waals surface area contributed by atoms with Gasteiger partial charge in [-0.25, -0.2) is 9.18 Å². The first-order valence-corrected chi connectivity index (χ1v) is 8.78. The van der Waals surface area contributed by atoms with Crippen LogP contribution in [0.5, 0.6) is 11.5 Å². The van der Waals surface area contributed by atoms with Gasteiger partial charge in [0.05, 0.1) is 11.6 Å². The van der Waals surface area contributed by atoms with Crippen molar-refractivity contribution in [3.05, 3.63) is 63.9 Å². The summed E-state index contributed by atoms with van der Waals surface area (Å²) in [4.78, 5) is 22.6. The van der Waals surface area contributed by atoms with Crippen molar-refractivity contribution >= 4 is 29.6 Å². The quantitative estimate of drug-likeness (QED) is 0.528. The molecule has 0 bridgehead atoms. The van der Waals surface area contributed by atoms with Crippen molar-refractivity contribution in [2.45, 2.75) is 13.5 Å². The molecule has 9 heteroatoms. The maximum absolute atomic E-state index is 13.0. The monoisotopic (exact) mass is 417 g/mol. The number of halogens is 2. The Balaban J connectivity index is 2.32. The SMILES string of the molecule is CCOc1cc(/C=C(/C#N)C(=O)NC(N)=O)cc(Cl)c1OCc1ccc(F)cc1. The second kappa shape index (κ2) is 10.1. The van der Waals surface area contributed by atoms with Gasteiger partial charge >= 0.3 is 6.03 Å². The largest absolute Gasteiger partial charge is 0.490 e. The van der Waals surface area contributed by atoms with Crippen LogP contribution in [0.15, 0.2) is 42.0 Å². The molecule has 0 fully saturated rings. The molecule has 2 aromatic rings. The van der Waals surface area contributed by atoms with Gasteiger partial charge in [-0.15, -0.1) is 0 Å². The molecular weight excluding hydrogens is 401 g/mol. The average molecular weight is 418 g/mol. The average Bonchev–Trinajstić information content (AvgIpc) is 2.66. The minimum absolute atomic E-state index is 0.125. The van der Waals surface area contributed by atoms with Crippen LogP contribution in [0, 0.1) is 17.1 Å². The first-order chi connectivity index (χ1) is 13.8. The lowest BCUT2D eigenvalue weighted by atomic mass is 10.1. The van der Waals surface area contributed by atoms with E-state index in [-0.39, 0.29) is 28.8 Å². The molecule has 29 heavy (non-hydrogen) atoms. The minimum Gasteiger partial charge on any atom is -0.490 e. The van der Waals surface area contributed by atoms with Crippen molar-refractivity contribution in [2.75, 3.05) is 6.61 Å². The van der Waals surface area contributed by atoms with Gasteiger partial charge in [-0.05, 0) is 48.4 Å². The number of carbonyl (C=O) groups is 2. The molecular formula is C20H17ClFN3O4. The van der Waals surface area contributed by atoms with Crippen LogP contribution >= 0.6 is 11.6 Å². The third-order valence-corrected chi connectivity index (χ3v) is 3.82. The van der Waals surface area contributed by atoms with E-state index in [2.05, 4.69) is 0 Å². The predicted octanol–water partition coefficient (Wildman–Crippen LogP) is 3.56. The van der Waals surface area contributed by atoms with Gasteiger partial charge < -0.3 is 15.2 Å². The molecule has 2 rings (SSSR count). The second-order valence-corrected chi connectivity index (χ2v) is 6.07. The molecule has 0 saturated carbocycles. The Hall–Kier alpha value is -3.57. The van der Waals surface area contributed by atoms with Crippen LogP contribution < -0.4 is 20.5 Å². The topological polar surface area (TPSA) is 114 Å². The first-order valence-electron chi connectivity index (χ1n) is 8.40. The summed E-state index contributed by atoms with van der Waals surface area (Å²) < 4.78 is 24.3. The number of nitrogens with one attached hydrogen (secondary N) is 1. The van der Waals surface area contributed by atoms with Crippen molar-refractivity contribution in [1.82, 2.24) is 5.32 Å². The van der Waals surface area contributed by atoms with Crippen LogP contribution in [0.4, 0.5) is 9.18 Å². The van der Waals surface area contributed by atoms with E-state index in [0.717, 1.165) is 5.56 Å². The molecule has 7 nitrogen and oxygen atoms in total. The lowest BCUT2D eigenvalue weighted by Gasteiger charge is -2.15. The summed E-state index contributed by atoms with van der Waals surface area (Å²) in [6, 6.07) is 9.41. The van der Waals surface area contributed by atoms with Crippen LogP contribution in [0.25, 0.3) is 6.08 Å². The minimum atomic E-state index is -1.08. The molecule has 2 aromatic carbocycles. The second-order valence-electron chi connectivity index (χ2n) is 5.67. The number of benzene rings is 2. The number of nitrogens with two attached hydrogens (primary N) is 1. The summed E-state index contributed by atoms with van der Waals surface area (Å²) in [7, 11) is 0. The Labute approximate surface area is 171 Å². The van der Waals surface area contributed by atoms with Gasteiger partial charge in [-0.1, -0.05) is 23.7 Å². The fourth-order valence-corrected chi connectivity index (χ4v) is 2.58. The molecule has 0 aliphatic carbocycles. The highest BCUT2D eigenvalue weighted by atomic mass is 35.5. The Morgan fingerprint density at radius 3 is 2.55 bits per heavy atom. The predicted molar refractivity (Wildman–Crippen MR) is 105 cm³/mol. The van der Waals surface area contributed by atoms with Crippen LogP contribution in [0.1, 0.15) is 18.1 Å². The summed E-state index contributed by atoms with van der Waals surface area (Å²) in [6.45, 7) is 2.20. The molecule has 0 spiro atoms. The Morgan fingerprint density at radius 1 is 1.28 bits per heavy atom. The van der Waals surface area contributed by atoms with Crippen LogP contribution in [0.3, 0.4) is 0 Å². The van der Waals surface area contributed by atoms with Gasteiger partial charge in [-0.2, -0.15) is 5.26 Å². The Morgan fingerprint density at radius 2 is 1.97 bits per heavy atom. The van der Waals surface area contributed by atoms with E-state index in [9.17, 15) is 14.0 Å². The van der Waals surface area contributed by atoms with E-state index in [1.807, 2.05) is 5.32 Å². The zero-order chi connectivity index (χ0) is 21.4. The number of imide groups is 1. The van der Waals surface area contributed by atoms with Gasteiger partial charge in [0.1, 0.15) is 24.1 Å². The van der Waals surface area contributed by atoms with E-state index in [1.165, 1.54) is 30.3 Å². The van der Waals surface area contributed by atoms with Crippen molar-refractivity contribution in [3.63, 3.8) is 0 Å². The normalized spacial score (nSPS) is 10.8. The van der Waals surface area contributed by atoms with Gasteiger partial charge in [0.15, 0.2) is 11.5 Å². The standard InChI is InChI=1S/C20H17ClFN3O4/c1-2-28-17-9-13(7-14(10-23)19(26)25-20(24)27)8-16(21)18(17)29-11-12-3-5-15(22)6-4-12/h3-9H,2,11H2,1H3,(H3,24,25,26,27)/b14-7-. The summed E-state index contributed by atoms with van der Waals surface area (Å²) in [5, 5.41) is 11.1. The number of urea groups is 1. The van der Waals surface area contributed by atoms with Crippen molar-refractivity contribution in [2.24, 2.45) is 5.73 Å². The number of rotatable bonds is 7. The van der Waals surface area contributed by atoms with E-state index in [4.69, 9.17) is 32.1 Å². The fourth-order valence-electron chi connectivity index (χ4n) is 2.30. The Kier molecular flexibility index (Phi) is 7.57. The molecule has 0 aromatic heterocycles. The van der Waals surface area contributed by atoms with Gasteiger partial charge in [0.2, 0.25) is 0 Å². The summed E-state index contributed by atoms with van der Waals surface area (Å²) in [6.07, 6.45) is 1.23. The number of hydrogen-bond donors (Lipinski definition) is 2.